The minimum atomic E-state index is -0.833. The lowest BCUT2D eigenvalue weighted by Gasteiger charge is -2.27. The molecule has 8 nitrogen and oxygen atoms in total. The van der Waals surface area contributed by atoms with Crippen LogP contribution in [0.2, 0.25) is 0 Å². The van der Waals surface area contributed by atoms with E-state index in [-0.39, 0.29) is 0 Å². The van der Waals surface area contributed by atoms with Crippen molar-refractivity contribution in [2.45, 2.75) is 156 Å². The predicted octanol–water partition coefficient (Wildman–Crippen LogP) is 7.53. The highest BCUT2D eigenvalue weighted by Gasteiger charge is 2.09. The highest BCUT2D eigenvalue weighted by molar-refractivity contribution is 5.63. The van der Waals surface area contributed by atoms with Crippen molar-refractivity contribution >= 4 is 11.9 Å². The van der Waals surface area contributed by atoms with E-state index in [4.69, 9.17) is 31.3 Å². The fourth-order valence-corrected chi connectivity index (χ4v) is 4.96. The standard InChI is InChI=1S/C30H66N4.2C2H4O2/c1-3-5-7-9-11-13-15-17-19-21-25-33(27-23-31)29-30-34(28-24-32)26-22-20-18-16-14-12-10-8-6-4-2;2*1-2(3)4/h3-32H2,1-2H3;2*1H3,(H,3,4). The molecule has 0 saturated heterocycles. The van der Waals surface area contributed by atoms with Gasteiger partial charge in [-0.25, -0.2) is 0 Å². The molecule has 0 saturated carbocycles. The molecule has 0 heterocycles. The Labute approximate surface area is 261 Å². The van der Waals surface area contributed by atoms with Crippen molar-refractivity contribution in [3.63, 3.8) is 0 Å². The van der Waals surface area contributed by atoms with Gasteiger partial charge in [-0.2, -0.15) is 0 Å². The number of rotatable bonds is 29. The zero-order chi connectivity index (χ0) is 32.1. The van der Waals surface area contributed by atoms with E-state index in [1.165, 1.54) is 142 Å². The van der Waals surface area contributed by atoms with E-state index in [1.54, 1.807) is 0 Å². The van der Waals surface area contributed by atoms with Crippen molar-refractivity contribution in [2.24, 2.45) is 11.5 Å². The molecule has 0 aliphatic heterocycles. The second kappa shape index (κ2) is 39.8. The van der Waals surface area contributed by atoms with Gasteiger partial charge in [-0.05, 0) is 25.9 Å². The van der Waals surface area contributed by atoms with Gasteiger partial charge in [-0.15, -0.1) is 0 Å². The summed E-state index contributed by atoms with van der Waals surface area (Å²) in [6.07, 6.45) is 28.1. The number of hydrogen-bond acceptors (Lipinski definition) is 6. The molecule has 0 aromatic rings. The molecule has 0 radical (unpaired) electrons. The summed E-state index contributed by atoms with van der Waals surface area (Å²) >= 11 is 0. The van der Waals surface area contributed by atoms with E-state index in [0.717, 1.165) is 53.1 Å². The highest BCUT2D eigenvalue weighted by Crippen LogP contribution is 2.12. The normalized spacial score (nSPS) is 10.8. The van der Waals surface area contributed by atoms with Gasteiger partial charge in [-0.3, -0.25) is 9.59 Å². The van der Waals surface area contributed by atoms with E-state index >= 15 is 0 Å². The molecule has 0 rings (SSSR count). The molecule has 0 fully saturated rings. The SMILES string of the molecule is CC(=O)O.CC(=O)O.CCCCCCCCCCCCN(CCN)CCN(CCN)CCCCCCCCCCCC. The van der Waals surface area contributed by atoms with Gasteiger partial charge in [0.05, 0.1) is 0 Å². The van der Waals surface area contributed by atoms with Crippen molar-refractivity contribution in [3.8, 4) is 0 Å². The summed E-state index contributed by atoms with van der Waals surface area (Å²) in [6.45, 7) is 15.1. The second-order valence-corrected chi connectivity index (χ2v) is 11.7. The first kappa shape index (κ1) is 45.2. The van der Waals surface area contributed by atoms with Crippen LogP contribution in [0.5, 0.6) is 0 Å². The number of unbranched alkanes of at least 4 members (excludes halogenated alkanes) is 18. The molecule has 0 spiro atoms. The molecule has 42 heavy (non-hydrogen) atoms. The Morgan fingerprint density at radius 3 is 0.857 bits per heavy atom. The summed E-state index contributed by atoms with van der Waals surface area (Å²) in [6, 6.07) is 0. The molecule has 0 aromatic carbocycles. The molecular weight excluding hydrogens is 528 g/mol. The van der Waals surface area contributed by atoms with Crippen LogP contribution in [0.3, 0.4) is 0 Å². The molecule has 254 valence electrons. The number of carboxylic acid groups (broad SMARTS) is 2. The van der Waals surface area contributed by atoms with Gasteiger partial charge in [0.15, 0.2) is 0 Å². The smallest absolute Gasteiger partial charge is 0.300 e. The Morgan fingerprint density at radius 2 is 0.643 bits per heavy atom. The summed E-state index contributed by atoms with van der Waals surface area (Å²) < 4.78 is 0. The Balaban J connectivity index is -0.00000167. The summed E-state index contributed by atoms with van der Waals surface area (Å²) in [4.78, 5) is 23.2. The quantitative estimate of drug-likeness (QED) is 0.0646. The van der Waals surface area contributed by atoms with E-state index in [1.807, 2.05) is 0 Å². The first-order valence-corrected chi connectivity index (χ1v) is 17.5. The molecule has 0 bridgehead atoms. The van der Waals surface area contributed by atoms with Crippen LogP contribution in [0, 0.1) is 0 Å². The topological polar surface area (TPSA) is 133 Å². The summed E-state index contributed by atoms with van der Waals surface area (Å²) in [5, 5.41) is 14.8. The molecule has 0 unspecified atom stereocenters. The fourth-order valence-electron chi connectivity index (χ4n) is 4.96. The van der Waals surface area contributed by atoms with Crippen LogP contribution in [-0.2, 0) is 9.59 Å². The fraction of sp³-hybridized carbons (Fsp3) is 0.941. The van der Waals surface area contributed by atoms with Crippen LogP contribution in [0.4, 0.5) is 0 Å². The maximum absolute atomic E-state index is 9.00. The second-order valence-electron chi connectivity index (χ2n) is 11.7. The molecule has 0 aliphatic rings. The summed E-state index contributed by atoms with van der Waals surface area (Å²) in [5.41, 5.74) is 11.8. The Hall–Kier alpha value is -1.22. The van der Waals surface area contributed by atoms with Gasteiger partial charge in [-0.1, -0.05) is 129 Å². The first-order chi connectivity index (χ1) is 20.2. The van der Waals surface area contributed by atoms with Crippen molar-refractivity contribution in [2.75, 3.05) is 52.4 Å². The molecule has 0 atom stereocenters. The summed E-state index contributed by atoms with van der Waals surface area (Å²) in [5.74, 6) is -1.67. The monoisotopic (exact) mass is 603 g/mol. The Bertz CT molecular complexity index is 484. The zero-order valence-corrected chi connectivity index (χ0v) is 28.6. The third-order valence-electron chi connectivity index (χ3n) is 7.28. The van der Waals surface area contributed by atoms with E-state index in [2.05, 4.69) is 23.6 Å². The van der Waals surface area contributed by atoms with Gasteiger partial charge < -0.3 is 31.5 Å². The number of aliphatic carboxylic acids is 2. The van der Waals surface area contributed by atoms with Crippen LogP contribution in [-0.4, -0.2) is 84.3 Å². The number of carboxylic acids is 2. The van der Waals surface area contributed by atoms with Gasteiger partial charge in [0, 0.05) is 53.1 Å². The Morgan fingerprint density at radius 1 is 0.429 bits per heavy atom. The largest absolute Gasteiger partial charge is 0.481 e. The van der Waals surface area contributed by atoms with E-state index < -0.39 is 11.9 Å². The van der Waals surface area contributed by atoms with Crippen molar-refractivity contribution in [1.82, 2.24) is 9.80 Å². The summed E-state index contributed by atoms with van der Waals surface area (Å²) in [7, 11) is 0. The predicted molar refractivity (Wildman–Crippen MR) is 181 cm³/mol. The lowest BCUT2D eigenvalue weighted by Crippen LogP contribution is -2.40. The van der Waals surface area contributed by atoms with Crippen LogP contribution in [0.25, 0.3) is 0 Å². The number of nitrogens with two attached hydrogens (primary N) is 2. The maximum atomic E-state index is 9.00. The van der Waals surface area contributed by atoms with Crippen LogP contribution < -0.4 is 11.5 Å². The molecule has 6 N–H and O–H groups in total. The third-order valence-corrected chi connectivity index (χ3v) is 7.28. The third kappa shape index (κ3) is 48.5. The van der Waals surface area contributed by atoms with Crippen molar-refractivity contribution in [1.29, 1.82) is 0 Å². The van der Waals surface area contributed by atoms with Crippen molar-refractivity contribution in [3.05, 3.63) is 0 Å². The number of hydrogen-bond donors (Lipinski definition) is 4. The van der Waals surface area contributed by atoms with E-state index in [0.29, 0.717) is 0 Å². The van der Waals surface area contributed by atoms with E-state index in [9.17, 15) is 0 Å². The minimum Gasteiger partial charge on any atom is -0.481 e. The molecule has 0 aromatic heterocycles. The van der Waals surface area contributed by atoms with Gasteiger partial charge in [0.25, 0.3) is 11.9 Å². The van der Waals surface area contributed by atoms with Crippen LogP contribution in [0.1, 0.15) is 156 Å². The Kier molecular flexibility index (Phi) is 42.8. The molecule has 8 heteroatoms. The number of nitrogens with zero attached hydrogens (tertiary/aromatic N) is 2. The minimum absolute atomic E-state index is 0.771. The van der Waals surface area contributed by atoms with Gasteiger partial charge in [0.1, 0.15) is 0 Å². The average molecular weight is 603 g/mol. The first-order valence-electron chi connectivity index (χ1n) is 17.5. The average Bonchev–Trinajstić information content (AvgIpc) is 2.92. The highest BCUT2D eigenvalue weighted by atomic mass is 16.4. The maximum Gasteiger partial charge on any atom is 0.300 e. The zero-order valence-electron chi connectivity index (χ0n) is 28.6. The van der Waals surface area contributed by atoms with Gasteiger partial charge >= 0.3 is 0 Å². The van der Waals surface area contributed by atoms with Crippen LogP contribution >= 0.6 is 0 Å². The molecular formula is C34H74N4O4. The van der Waals surface area contributed by atoms with Crippen molar-refractivity contribution < 1.29 is 19.8 Å². The lowest BCUT2D eigenvalue weighted by atomic mass is 10.1. The molecule has 0 aliphatic carbocycles. The van der Waals surface area contributed by atoms with Gasteiger partial charge in [0.2, 0.25) is 0 Å². The molecule has 0 amide bonds. The number of carbonyl (C=O) groups is 2. The lowest BCUT2D eigenvalue weighted by molar-refractivity contribution is -0.135. The van der Waals surface area contributed by atoms with Crippen LogP contribution in [0.15, 0.2) is 0 Å².